The summed E-state index contributed by atoms with van der Waals surface area (Å²) < 4.78 is 43.8. The minimum Gasteiger partial charge on any atom is -0.334 e. The molecule has 3 aromatic rings. The number of imidazole rings is 1. The van der Waals surface area contributed by atoms with E-state index in [1.54, 1.807) is 24.3 Å². The van der Waals surface area contributed by atoms with E-state index in [4.69, 9.17) is 5.26 Å². The second-order valence-electron chi connectivity index (χ2n) is 6.60. The highest BCUT2D eigenvalue weighted by atomic mass is 32.2. The number of nitriles is 1. The molecule has 1 N–H and O–H groups in total. The molecule has 1 aromatic heterocycles. The number of para-hydroxylation sites is 1. The summed E-state index contributed by atoms with van der Waals surface area (Å²) >= 11 is 0. The number of aryl methyl sites for hydroxylation is 2. The Morgan fingerprint density at radius 2 is 2.00 bits per heavy atom. The molecule has 0 amide bonds. The summed E-state index contributed by atoms with van der Waals surface area (Å²) in [6, 6.07) is 11.8. The Kier molecular flexibility index (Phi) is 4.61. The highest BCUT2D eigenvalue weighted by Gasteiger charge is 2.20. The Morgan fingerprint density at radius 1 is 1.18 bits per heavy atom. The van der Waals surface area contributed by atoms with E-state index in [0.717, 1.165) is 49.8 Å². The Balaban J connectivity index is 1.71. The van der Waals surface area contributed by atoms with Crippen molar-refractivity contribution in [1.82, 2.24) is 9.55 Å². The van der Waals surface area contributed by atoms with Crippen molar-refractivity contribution in [3.05, 3.63) is 65.9 Å². The molecule has 0 saturated carbocycles. The van der Waals surface area contributed by atoms with E-state index in [1.807, 2.05) is 12.3 Å². The number of sulfonamides is 1. The number of benzene rings is 2. The molecule has 6 nitrogen and oxygen atoms in total. The summed E-state index contributed by atoms with van der Waals surface area (Å²) in [5, 5.41) is 8.96. The average Bonchev–Trinajstić information content (AvgIpc) is 3.12. The lowest BCUT2D eigenvalue weighted by atomic mass is 10.1. The first-order chi connectivity index (χ1) is 13.5. The molecule has 4 rings (SSSR count). The van der Waals surface area contributed by atoms with Gasteiger partial charge in [0.05, 0.1) is 21.8 Å². The summed E-state index contributed by atoms with van der Waals surface area (Å²) in [4.78, 5) is 4.48. The monoisotopic (exact) mass is 396 g/mol. The van der Waals surface area contributed by atoms with Crippen molar-refractivity contribution in [2.75, 3.05) is 4.72 Å². The van der Waals surface area contributed by atoms with Gasteiger partial charge in [0.2, 0.25) is 0 Å². The van der Waals surface area contributed by atoms with Crippen LogP contribution in [0, 0.1) is 17.1 Å². The highest BCUT2D eigenvalue weighted by molar-refractivity contribution is 7.92. The van der Waals surface area contributed by atoms with Gasteiger partial charge in [0.25, 0.3) is 10.0 Å². The van der Waals surface area contributed by atoms with Gasteiger partial charge < -0.3 is 4.57 Å². The Labute approximate surface area is 162 Å². The molecule has 0 spiro atoms. The van der Waals surface area contributed by atoms with Crippen LogP contribution >= 0.6 is 0 Å². The molecule has 0 saturated heterocycles. The zero-order valence-corrected chi connectivity index (χ0v) is 15.7. The van der Waals surface area contributed by atoms with Crippen LogP contribution in [0.4, 0.5) is 10.1 Å². The number of nitrogens with one attached hydrogen (secondary N) is 1. The van der Waals surface area contributed by atoms with Crippen molar-refractivity contribution in [3.8, 4) is 17.3 Å². The molecular weight excluding hydrogens is 379 g/mol. The third kappa shape index (κ3) is 3.37. The minimum absolute atomic E-state index is 0.176. The lowest BCUT2D eigenvalue weighted by Crippen LogP contribution is -2.14. The van der Waals surface area contributed by atoms with Crippen LogP contribution in [0.2, 0.25) is 0 Å². The third-order valence-electron chi connectivity index (χ3n) is 4.72. The molecule has 0 fully saturated rings. The largest absolute Gasteiger partial charge is 0.334 e. The van der Waals surface area contributed by atoms with Gasteiger partial charge in [0, 0.05) is 24.7 Å². The van der Waals surface area contributed by atoms with E-state index in [9.17, 15) is 12.8 Å². The maximum atomic E-state index is 13.5. The van der Waals surface area contributed by atoms with Gasteiger partial charge in [0.15, 0.2) is 0 Å². The molecule has 0 bridgehead atoms. The summed E-state index contributed by atoms with van der Waals surface area (Å²) in [5.41, 5.74) is 1.42. The Morgan fingerprint density at radius 3 is 2.79 bits per heavy atom. The number of halogens is 1. The van der Waals surface area contributed by atoms with E-state index in [1.165, 1.54) is 0 Å². The van der Waals surface area contributed by atoms with Crippen molar-refractivity contribution in [1.29, 1.82) is 5.26 Å². The van der Waals surface area contributed by atoms with Crippen molar-refractivity contribution in [2.45, 2.75) is 30.7 Å². The zero-order chi connectivity index (χ0) is 19.7. The molecule has 0 atom stereocenters. The normalized spacial score (nSPS) is 13.6. The van der Waals surface area contributed by atoms with Crippen LogP contribution in [-0.2, 0) is 23.0 Å². The fourth-order valence-electron chi connectivity index (χ4n) is 3.30. The number of rotatable bonds is 4. The second kappa shape index (κ2) is 7.09. The SMILES string of the molecule is N#Cc1cc(S(=O)(=O)Nc2ccccc2-c2cn3c(n2)CCCC3)ccc1F. The average molecular weight is 396 g/mol. The number of hydrogen-bond donors (Lipinski definition) is 1. The molecule has 2 heterocycles. The predicted molar refractivity (Wildman–Crippen MR) is 103 cm³/mol. The molecule has 1 aliphatic rings. The van der Waals surface area contributed by atoms with E-state index < -0.39 is 15.8 Å². The van der Waals surface area contributed by atoms with Gasteiger partial charge in [-0.2, -0.15) is 5.26 Å². The summed E-state index contributed by atoms with van der Waals surface area (Å²) in [6.45, 7) is 0.905. The van der Waals surface area contributed by atoms with Gasteiger partial charge in [-0.15, -0.1) is 0 Å². The van der Waals surface area contributed by atoms with Gasteiger partial charge in [0.1, 0.15) is 17.7 Å². The second-order valence-corrected chi connectivity index (χ2v) is 8.28. The number of nitrogens with zero attached hydrogens (tertiary/aromatic N) is 3. The molecule has 28 heavy (non-hydrogen) atoms. The number of anilines is 1. The van der Waals surface area contributed by atoms with E-state index in [-0.39, 0.29) is 10.5 Å². The summed E-state index contributed by atoms with van der Waals surface area (Å²) in [6.07, 6.45) is 5.03. The lowest BCUT2D eigenvalue weighted by molar-refractivity contribution is 0.522. The van der Waals surface area contributed by atoms with Gasteiger partial charge in [-0.25, -0.2) is 17.8 Å². The first kappa shape index (κ1) is 18.2. The fourth-order valence-corrected chi connectivity index (χ4v) is 4.40. The first-order valence-electron chi connectivity index (χ1n) is 8.86. The van der Waals surface area contributed by atoms with Gasteiger partial charge in [-0.3, -0.25) is 4.72 Å². The van der Waals surface area contributed by atoms with E-state index in [2.05, 4.69) is 14.3 Å². The standard InChI is InChI=1S/C20H17FN4O2S/c21-17-9-8-15(11-14(17)12-22)28(26,27)24-18-6-2-1-5-16(18)19-13-25-10-4-3-7-20(25)23-19/h1-2,5-6,8-9,11,13,24H,3-4,7,10H2. The molecule has 2 aromatic carbocycles. The number of aromatic nitrogens is 2. The van der Waals surface area contributed by atoms with E-state index >= 15 is 0 Å². The van der Waals surface area contributed by atoms with Gasteiger partial charge in [-0.1, -0.05) is 18.2 Å². The Bertz CT molecular complexity index is 1170. The van der Waals surface area contributed by atoms with Crippen LogP contribution in [0.1, 0.15) is 24.2 Å². The van der Waals surface area contributed by atoms with Crippen LogP contribution in [0.5, 0.6) is 0 Å². The molecule has 142 valence electrons. The molecule has 1 aliphatic heterocycles. The van der Waals surface area contributed by atoms with Crippen molar-refractivity contribution >= 4 is 15.7 Å². The smallest absolute Gasteiger partial charge is 0.261 e. The number of hydrogen-bond acceptors (Lipinski definition) is 4. The van der Waals surface area contributed by atoms with Crippen LogP contribution < -0.4 is 4.72 Å². The summed E-state index contributed by atoms with van der Waals surface area (Å²) in [7, 11) is -4.00. The zero-order valence-electron chi connectivity index (χ0n) is 14.9. The maximum absolute atomic E-state index is 13.5. The quantitative estimate of drug-likeness (QED) is 0.728. The molecular formula is C20H17FN4O2S. The Hall–Kier alpha value is -3.18. The van der Waals surface area contributed by atoms with Crippen molar-refractivity contribution in [3.63, 3.8) is 0 Å². The van der Waals surface area contributed by atoms with Crippen molar-refractivity contribution in [2.24, 2.45) is 0 Å². The fraction of sp³-hybridized carbons (Fsp3) is 0.200. The van der Waals surface area contributed by atoms with Crippen LogP contribution in [0.25, 0.3) is 11.3 Å². The molecule has 0 aliphatic carbocycles. The maximum Gasteiger partial charge on any atom is 0.261 e. The molecule has 0 radical (unpaired) electrons. The number of fused-ring (bicyclic) bond motifs is 1. The highest BCUT2D eigenvalue weighted by Crippen LogP contribution is 2.30. The van der Waals surface area contributed by atoms with E-state index in [0.29, 0.717) is 16.9 Å². The predicted octanol–water partition coefficient (Wildman–Crippen LogP) is 3.70. The summed E-state index contributed by atoms with van der Waals surface area (Å²) in [5.74, 6) is 0.238. The topological polar surface area (TPSA) is 87.8 Å². The van der Waals surface area contributed by atoms with Crippen LogP contribution in [-0.4, -0.2) is 18.0 Å². The minimum atomic E-state index is -4.00. The van der Waals surface area contributed by atoms with Crippen LogP contribution in [0.3, 0.4) is 0 Å². The molecule has 0 unspecified atom stereocenters. The van der Waals surface area contributed by atoms with Gasteiger partial charge in [-0.05, 0) is 37.1 Å². The van der Waals surface area contributed by atoms with Crippen molar-refractivity contribution < 1.29 is 12.8 Å². The lowest BCUT2D eigenvalue weighted by Gasteiger charge is -2.12. The molecule has 8 heteroatoms. The third-order valence-corrected chi connectivity index (χ3v) is 6.09. The van der Waals surface area contributed by atoms with Crippen LogP contribution in [0.15, 0.2) is 53.6 Å². The van der Waals surface area contributed by atoms with Gasteiger partial charge >= 0.3 is 0 Å². The first-order valence-corrected chi connectivity index (χ1v) is 10.3.